The normalized spacial score (nSPS) is 15.5. The van der Waals surface area contributed by atoms with Crippen LogP contribution >= 0.6 is 12.2 Å². The fraction of sp³-hybridized carbons (Fsp3) is 0.533. The molecule has 1 heterocycles. The van der Waals surface area contributed by atoms with E-state index in [4.69, 9.17) is 26.4 Å². The molecule has 0 saturated carbocycles. The summed E-state index contributed by atoms with van der Waals surface area (Å²) in [6, 6.07) is 5.62. The van der Waals surface area contributed by atoms with Crippen molar-refractivity contribution in [1.29, 1.82) is 0 Å². The zero-order valence-electron chi connectivity index (χ0n) is 12.6. The average Bonchev–Trinajstić information content (AvgIpc) is 2.55. The fourth-order valence-electron chi connectivity index (χ4n) is 2.24. The Kier molecular flexibility index (Phi) is 6.22. The van der Waals surface area contributed by atoms with Gasteiger partial charge in [-0.25, -0.2) is 0 Å². The van der Waals surface area contributed by atoms with Crippen molar-refractivity contribution in [2.45, 2.75) is 0 Å². The molecule has 0 aromatic heterocycles. The van der Waals surface area contributed by atoms with Crippen molar-refractivity contribution in [3.05, 3.63) is 23.8 Å². The number of methoxy groups -OCH3 is 2. The Morgan fingerprint density at radius 3 is 2.71 bits per heavy atom. The number of ether oxygens (including phenoxy) is 3. The van der Waals surface area contributed by atoms with Gasteiger partial charge < -0.3 is 19.5 Å². The molecule has 6 heteroatoms. The van der Waals surface area contributed by atoms with E-state index in [-0.39, 0.29) is 0 Å². The molecule has 1 aromatic rings. The minimum absolute atomic E-state index is 0.680. The second kappa shape index (κ2) is 8.17. The number of rotatable bonds is 6. The van der Waals surface area contributed by atoms with Gasteiger partial charge in [-0.2, -0.15) is 0 Å². The highest BCUT2D eigenvalue weighted by molar-refractivity contribution is 7.80. The van der Waals surface area contributed by atoms with Crippen molar-refractivity contribution >= 4 is 17.2 Å². The van der Waals surface area contributed by atoms with Crippen LogP contribution < -0.4 is 14.8 Å². The molecule has 116 valence electrons. The van der Waals surface area contributed by atoms with Crippen molar-refractivity contribution in [2.75, 3.05) is 53.6 Å². The SMILES string of the molecule is COc1ccc(OC)c(C(=S)NCCN2CCOCC2)c1. The third-order valence-electron chi connectivity index (χ3n) is 3.47. The second-order valence-electron chi connectivity index (χ2n) is 4.78. The lowest BCUT2D eigenvalue weighted by atomic mass is 10.2. The van der Waals surface area contributed by atoms with E-state index in [1.807, 2.05) is 18.2 Å². The van der Waals surface area contributed by atoms with E-state index in [0.717, 1.165) is 56.5 Å². The van der Waals surface area contributed by atoms with Crippen LogP contribution in [0.25, 0.3) is 0 Å². The van der Waals surface area contributed by atoms with E-state index in [9.17, 15) is 0 Å². The molecule has 1 aromatic carbocycles. The lowest BCUT2D eigenvalue weighted by molar-refractivity contribution is 0.0389. The smallest absolute Gasteiger partial charge is 0.129 e. The van der Waals surface area contributed by atoms with Gasteiger partial charge in [0.1, 0.15) is 16.5 Å². The van der Waals surface area contributed by atoms with Crippen molar-refractivity contribution in [3.8, 4) is 11.5 Å². The molecule has 21 heavy (non-hydrogen) atoms. The Balaban J connectivity index is 1.89. The lowest BCUT2D eigenvalue weighted by Gasteiger charge is -2.26. The predicted molar refractivity (Wildman–Crippen MR) is 86.5 cm³/mol. The summed E-state index contributed by atoms with van der Waals surface area (Å²) in [6.45, 7) is 5.35. The highest BCUT2D eigenvalue weighted by Gasteiger charge is 2.12. The molecule has 0 amide bonds. The van der Waals surface area contributed by atoms with Gasteiger partial charge in [0.2, 0.25) is 0 Å². The summed E-state index contributed by atoms with van der Waals surface area (Å²) in [4.78, 5) is 3.04. The fourth-order valence-corrected chi connectivity index (χ4v) is 2.50. The summed E-state index contributed by atoms with van der Waals surface area (Å²) in [6.07, 6.45) is 0. The molecule has 5 nitrogen and oxygen atoms in total. The number of benzene rings is 1. The van der Waals surface area contributed by atoms with Crippen LogP contribution in [0.3, 0.4) is 0 Å². The van der Waals surface area contributed by atoms with Crippen molar-refractivity contribution in [2.24, 2.45) is 0 Å². The first-order valence-corrected chi connectivity index (χ1v) is 7.45. The van der Waals surface area contributed by atoms with Crippen molar-refractivity contribution in [1.82, 2.24) is 10.2 Å². The largest absolute Gasteiger partial charge is 0.497 e. The first-order chi connectivity index (χ1) is 10.2. The quantitative estimate of drug-likeness (QED) is 0.799. The minimum atomic E-state index is 0.680. The van der Waals surface area contributed by atoms with Crippen LogP contribution in [0.2, 0.25) is 0 Å². The highest BCUT2D eigenvalue weighted by atomic mass is 32.1. The number of thiocarbonyl (C=S) groups is 1. The van der Waals surface area contributed by atoms with Gasteiger partial charge in [0.15, 0.2) is 0 Å². The van der Waals surface area contributed by atoms with Crippen LogP contribution in [0, 0.1) is 0 Å². The van der Waals surface area contributed by atoms with Gasteiger partial charge in [0, 0.05) is 26.2 Å². The molecule has 1 aliphatic heterocycles. The topological polar surface area (TPSA) is 43.0 Å². The van der Waals surface area contributed by atoms with E-state index in [1.54, 1.807) is 14.2 Å². The van der Waals surface area contributed by atoms with E-state index < -0.39 is 0 Å². The van der Waals surface area contributed by atoms with Crippen molar-refractivity contribution < 1.29 is 14.2 Å². The molecule has 2 rings (SSSR count). The molecule has 0 bridgehead atoms. The van der Waals surface area contributed by atoms with E-state index in [1.165, 1.54) is 0 Å². The molecule has 1 aliphatic rings. The summed E-state index contributed by atoms with van der Waals surface area (Å²) in [5, 5.41) is 3.29. The van der Waals surface area contributed by atoms with Crippen LogP contribution in [0.5, 0.6) is 11.5 Å². The number of hydrogen-bond acceptors (Lipinski definition) is 5. The molecular weight excluding hydrogens is 288 g/mol. The van der Waals surface area contributed by atoms with Crippen molar-refractivity contribution in [3.63, 3.8) is 0 Å². The Morgan fingerprint density at radius 2 is 2.05 bits per heavy atom. The summed E-state index contributed by atoms with van der Waals surface area (Å²) in [5.74, 6) is 1.52. The molecule has 0 spiro atoms. The van der Waals surface area contributed by atoms with Crippen LogP contribution in [-0.2, 0) is 4.74 Å². The van der Waals surface area contributed by atoms with Crippen LogP contribution in [0.4, 0.5) is 0 Å². The molecule has 1 saturated heterocycles. The van der Waals surface area contributed by atoms with Gasteiger partial charge in [-0.1, -0.05) is 12.2 Å². The lowest BCUT2D eigenvalue weighted by Crippen LogP contribution is -2.41. The highest BCUT2D eigenvalue weighted by Crippen LogP contribution is 2.24. The maximum absolute atomic E-state index is 5.46. The predicted octanol–water partition coefficient (Wildman–Crippen LogP) is 1.30. The Morgan fingerprint density at radius 1 is 1.29 bits per heavy atom. The third-order valence-corrected chi connectivity index (χ3v) is 3.83. The maximum atomic E-state index is 5.46. The van der Waals surface area contributed by atoms with Gasteiger partial charge in [-0.3, -0.25) is 4.90 Å². The van der Waals surface area contributed by atoms with Crippen LogP contribution in [-0.4, -0.2) is 63.5 Å². The minimum Gasteiger partial charge on any atom is -0.497 e. The first kappa shape index (κ1) is 16.0. The van der Waals surface area contributed by atoms with E-state index in [0.29, 0.717) is 4.99 Å². The van der Waals surface area contributed by atoms with Crippen LogP contribution in [0.15, 0.2) is 18.2 Å². The standard InChI is InChI=1S/C15H22N2O3S/c1-18-12-3-4-14(19-2)13(11-12)15(21)16-5-6-17-7-9-20-10-8-17/h3-4,11H,5-10H2,1-2H3,(H,16,21). The molecule has 1 N–H and O–H groups in total. The third kappa shape index (κ3) is 4.56. The van der Waals surface area contributed by atoms with Gasteiger partial charge in [-0.05, 0) is 18.2 Å². The zero-order chi connectivity index (χ0) is 15.1. The Bertz CT molecular complexity index is 476. The average molecular weight is 310 g/mol. The van der Waals surface area contributed by atoms with Crippen LogP contribution in [0.1, 0.15) is 5.56 Å². The second-order valence-corrected chi connectivity index (χ2v) is 5.18. The molecule has 0 unspecified atom stereocenters. The van der Waals surface area contributed by atoms with Gasteiger partial charge >= 0.3 is 0 Å². The number of morpholine rings is 1. The molecule has 1 fully saturated rings. The van der Waals surface area contributed by atoms with Gasteiger partial charge in [0.05, 0.1) is 33.0 Å². The number of nitrogens with zero attached hydrogens (tertiary/aromatic N) is 1. The summed E-state index contributed by atoms with van der Waals surface area (Å²) >= 11 is 5.46. The number of nitrogens with one attached hydrogen (secondary N) is 1. The molecule has 0 atom stereocenters. The monoisotopic (exact) mass is 310 g/mol. The van der Waals surface area contributed by atoms with Gasteiger partial charge in [0.25, 0.3) is 0 Å². The summed E-state index contributed by atoms with van der Waals surface area (Å²) in [7, 11) is 3.28. The van der Waals surface area contributed by atoms with E-state index >= 15 is 0 Å². The summed E-state index contributed by atoms with van der Waals surface area (Å²) < 4.78 is 15.9. The van der Waals surface area contributed by atoms with E-state index in [2.05, 4.69) is 10.2 Å². The Labute approximate surface area is 131 Å². The zero-order valence-corrected chi connectivity index (χ0v) is 13.4. The molecular formula is C15H22N2O3S. The van der Waals surface area contributed by atoms with Gasteiger partial charge in [-0.15, -0.1) is 0 Å². The summed E-state index contributed by atoms with van der Waals surface area (Å²) in [5.41, 5.74) is 0.855. The number of hydrogen-bond donors (Lipinski definition) is 1. The molecule has 0 radical (unpaired) electrons. The molecule has 0 aliphatic carbocycles. The first-order valence-electron chi connectivity index (χ1n) is 7.05. The maximum Gasteiger partial charge on any atom is 0.129 e. The Hall–Kier alpha value is -1.37.